The van der Waals surface area contributed by atoms with Gasteiger partial charge in [0.05, 0.1) is 17.3 Å². The number of amides is 2. The highest BCUT2D eigenvalue weighted by Gasteiger charge is 2.26. The van der Waals surface area contributed by atoms with E-state index < -0.39 is 0 Å². The van der Waals surface area contributed by atoms with Crippen LogP contribution in [0.2, 0.25) is 5.02 Å². The number of hydrogen-bond donors (Lipinski definition) is 1. The van der Waals surface area contributed by atoms with Gasteiger partial charge in [-0.2, -0.15) is 0 Å². The zero-order valence-corrected chi connectivity index (χ0v) is 14.0. The minimum absolute atomic E-state index is 0.0634. The lowest BCUT2D eigenvalue weighted by Crippen LogP contribution is -2.33. The lowest BCUT2D eigenvalue weighted by molar-refractivity contribution is 0.113. The summed E-state index contributed by atoms with van der Waals surface area (Å²) in [5.74, 6) is 0.440. The van der Waals surface area contributed by atoms with E-state index in [1.807, 2.05) is 36.3 Å². The van der Waals surface area contributed by atoms with Crippen LogP contribution >= 0.6 is 23.4 Å². The number of carbonyl (C=O) groups excluding carboxylic acids is 1. The summed E-state index contributed by atoms with van der Waals surface area (Å²) >= 11 is 7.68. The zero-order chi connectivity index (χ0) is 15.2. The normalized spacial score (nSPS) is 18.0. The Bertz CT molecular complexity index is 499. The Balaban J connectivity index is 1.95. The molecule has 1 aliphatic rings. The molecule has 0 unspecified atom stereocenters. The van der Waals surface area contributed by atoms with E-state index in [-0.39, 0.29) is 6.03 Å². The van der Waals surface area contributed by atoms with Gasteiger partial charge in [0.2, 0.25) is 0 Å². The van der Waals surface area contributed by atoms with Crippen molar-refractivity contribution in [3.8, 4) is 0 Å². The maximum Gasteiger partial charge on any atom is 0.321 e. The van der Waals surface area contributed by atoms with Crippen molar-refractivity contribution in [1.82, 2.24) is 4.90 Å². The number of likely N-dealkylation sites (tertiary alicyclic amines) is 1. The molecule has 4 nitrogen and oxygen atoms in total. The molecule has 1 fully saturated rings. The van der Waals surface area contributed by atoms with Crippen molar-refractivity contribution in [2.75, 3.05) is 37.9 Å². The van der Waals surface area contributed by atoms with Crippen LogP contribution < -0.4 is 5.32 Å². The van der Waals surface area contributed by atoms with E-state index in [1.165, 1.54) is 11.8 Å². The molecule has 2 amide bonds. The van der Waals surface area contributed by atoms with Gasteiger partial charge >= 0.3 is 6.03 Å². The standard InChI is InChI=1S/C15H21ClN2O2S/c1-3-20-10-11-7-8-18(9-11)15(19)17-13-6-4-5-12(16)14(13)21-2/h4-6,11H,3,7-10H2,1-2H3,(H,17,19)/t11-/m0/s1. The van der Waals surface area contributed by atoms with E-state index in [0.29, 0.717) is 10.9 Å². The number of urea groups is 1. The van der Waals surface area contributed by atoms with Crippen LogP contribution in [0.25, 0.3) is 0 Å². The molecular weight excluding hydrogens is 308 g/mol. The highest BCUT2D eigenvalue weighted by atomic mass is 35.5. The fraction of sp³-hybridized carbons (Fsp3) is 0.533. The number of nitrogens with one attached hydrogen (secondary N) is 1. The zero-order valence-electron chi connectivity index (χ0n) is 12.4. The lowest BCUT2D eigenvalue weighted by Gasteiger charge is -2.19. The van der Waals surface area contributed by atoms with Gasteiger partial charge in [-0.15, -0.1) is 11.8 Å². The molecule has 0 radical (unpaired) electrons. The average molecular weight is 329 g/mol. The molecule has 1 atom stereocenters. The summed E-state index contributed by atoms with van der Waals surface area (Å²) in [4.78, 5) is 15.1. The summed E-state index contributed by atoms with van der Waals surface area (Å²) in [6, 6.07) is 5.49. The molecule has 1 saturated heterocycles. The molecule has 2 rings (SSSR count). The first-order chi connectivity index (χ1) is 10.2. The van der Waals surface area contributed by atoms with Crippen molar-refractivity contribution in [3.05, 3.63) is 23.2 Å². The summed E-state index contributed by atoms with van der Waals surface area (Å²) in [7, 11) is 0. The maximum atomic E-state index is 12.3. The molecular formula is C15H21ClN2O2S. The van der Waals surface area contributed by atoms with Crippen LogP contribution in [-0.4, -0.2) is 43.5 Å². The van der Waals surface area contributed by atoms with E-state index in [2.05, 4.69) is 5.32 Å². The van der Waals surface area contributed by atoms with Crippen molar-refractivity contribution in [2.24, 2.45) is 5.92 Å². The van der Waals surface area contributed by atoms with Crippen molar-refractivity contribution < 1.29 is 9.53 Å². The largest absolute Gasteiger partial charge is 0.381 e. The van der Waals surface area contributed by atoms with Crippen LogP contribution in [0.5, 0.6) is 0 Å². The third-order valence-electron chi connectivity index (χ3n) is 3.54. The van der Waals surface area contributed by atoms with E-state index in [9.17, 15) is 4.79 Å². The Hall–Kier alpha value is -0.910. The number of thioether (sulfide) groups is 1. The van der Waals surface area contributed by atoms with Crippen molar-refractivity contribution in [3.63, 3.8) is 0 Å². The second-order valence-electron chi connectivity index (χ2n) is 5.01. The third kappa shape index (κ3) is 4.28. The van der Waals surface area contributed by atoms with E-state index in [1.54, 1.807) is 0 Å². The van der Waals surface area contributed by atoms with Gasteiger partial charge in [0, 0.05) is 30.5 Å². The van der Waals surface area contributed by atoms with Gasteiger partial charge in [-0.3, -0.25) is 0 Å². The van der Waals surface area contributed by atoms with Crippen LogP contribution in [-0.2, 0) is 4.74 Å². The van der Waals surface area contributed by atoms with E-state index >= 15 is 0 Å². The van der Waals surface area contributed by atoms with Crippen LogP contribution in [0, 0.1) is 5.92 Å². The number of rotatable bonds is 5. The Kier molecular flexibility index (Phi) is 6.21. The maximum absolute atomic E-state index is 12.3. The molecule has 1 N–H and O–H groups in total. The molecule has 0 spiro atoms. The number of ether oxygens (including phenoxy) is 1. The van der Waals surface area contributed by atoms with Gasteiger partial charge in [0.25, 0.3) is 0 Å². The predicted octanol–water partition coefficient (Wildman–Crippen LogP) is 3.95. The van der Waals surface area contributed by atoms with Crippen molar-refractivity contribution in [1.29, 1.82) is 0 Å². The number of hydrogen-bond acceptors (Lipinski definition) is 3. The molecule has 21 heavy (non-hydrogen) atoms. The SMILES string of the molecule is CCOC[C@H]1CCN(C(=O)Nc2cccc(Cl)c2SC)C1. The monoisotopic (exact) mass is 328 g/mol. The average Bonchev–Trinajstić information content (AvgIpc) is 2.94. The number of nitrogens with zero attached hydrogens (tertiary/aromatic N) is 1. The molecule has 6 heteroatoms. The van der Waals surface area contributed by atoms with Crippen LogP contribution in [0.1, 0.15) is 13.3 Å². The quantitative estimate of drug-likeness (QED) is 0.832. The Morgan fingerprint density at radius 2 is 2.38 bits per heavy atom. The molecule has 116 valence electrons. The predicted molar refractivity (Wildman–Crippen MR) is 88.4 cm³/mol. The molecule has 0 saturated carbocycles. The summed E-state index contributed by atoms with van der Waals surface area (Å²) < 4.78 is 5.44. The third-order valence-corrected chi connectivity index (χ3v) is 4.82. The van der Waals surface area contributed by atoms with Crippen molar-refractivity contribution >= 4 is 35.1 Å². The fourth-order valence-electron chi connectivity index (χ4n) is 2.45. The van der Waals surface area contributed by atoms with Gasteiger partial charge < -0.3 is 15.0 Å². The van der Waals surface area contributed by atoms with Gasteiger partial charge in [0.15, 0.2) is 0 Å². The molecule has 1 aliphatic heterocycles. The highest BCUT2D eigenvalue weighted by molar-refractivity contribution is 7.98. The highest BCUT2D eigenvalue weighted by Crippen LogP contribution is 2.33. The molecule has 1 aromatic carbocycles. The van der Waals surface area contributed by atoms with Crippen molar-refractivity contribution in [2.45, 2.75) is 18.2 Å². The van der Waals surface area contributed by atoms with Crippen LogP contribution in [0.4, 0.5) is 10.5 Å². The van der Waals surface area contributed by atoms with Crippen LogP contribution in [0.15, 0.2) is 23.1 Å². The molecule has 1 aromatic rings. The first-order valence-corrected chi connectivity index (χ1v) is 8.72. The summed E-state index contributed by atoms with van der Waals surface area (Å²) in [6.07, 6.45) is 2.95. The minimum Gasteiger partial charge on any atom is -0.381 e. The smallest absolute Gasteiger partial charge is 0.321 e. The Labute approximate surface area is 135 Å². The lowest BCUT2D eigenvalue weighted by atomic mass is 10.1. The Morgan fingerprint density at radius 3 is 3.10 bits per heavy atom. The topological polar surface area (TPSA) is 41.6 Å². The summed E-state index contributed by atoms with van der Waals surface area (Å²) in [5.41, 5.74) is 0.772. The molecule has 0 bridgehead atoms. The molecule has 0 aromatic heterocycles. The minimum atomic E-state index is -0.0634. The van der Waals surface area contributed by atoms with Gasteiger partial charge in [-0.1, -0.05) is 17.7 Å². The summed E-state index contributed by atoms with van der Waals surface area (Å²) in [5, 5.41) is 3.62. The number of benzene rings is 1. The van der Waals surface area contributed by atoms with Gasteiger partial charge in [0.1, 0.15) is 0 Å². The van der Waals surface area contributed by atoms with Gasteiger partial charge in [-0.25, -0.2) is 4.79 Å². The summed E-state index contributed by atoms with van der Waals surface area (Å²) in [6.45, 7) is 4.97. The number of anilines is 1. The second kappa shape index (κ2) is 7.92. The number of halogens is 1. The number of carbonyl (C=O) groups is 1. The molecule has 1 heterocycles. The molecule has 0 aliphatic carbocycles. The van der Waals surface area contributed by atoms with E-state index in [0.717, 1.165) is 43.3 Å². The van der Waals surface area contributed by atoms with E-state index in [4.69, 9.17) is 16.3 Å². The second-order valence-corrected chi connectivity index (χ2v) is 6.23. The van der Waals surface area contributed by atoms with Crippen LogP contribution in [0.3, 0.4) is 0 Å². The fourth-order valence-corrected chi connectivity index (χ4v) is 3.45. The Morgan fingerprint density at radius 1 is 1.57 bits per heavy atom. The first kappa shape index (κ1) is 16.5. The van der Waals surface area contributed by atoms with Gasteiger partial charge in [-0.05, 0) is 31.7 Å². The first-order valence-electron chi connectivity index (χ1n) is 7.11.